The van der Waals surface area contributed by atoms with Gasteiger partial charge in [-0.25, -0.2) is 17.2 Å². The van der Waals surface area contributed by atoms with Crippen LogP contribution < -0.4 is 0 Å². The third kappa shape index (κ3) is 9.07. The summed E-state index contributed by atoms with van der Waals surface area (Å²) in [6, 6.07) is 19.1. The van der Waals surface area contributed by atoms with E-state index in [-0.39, 0.29) is 53.8 Å². The molecule has 2 aromatic carbocycles. The van der Waals surface area contributed by atoms with Crippen molar-refractivity contribution in [2.24, 2.45) is 0 Å². The standard InChI is InChI=1S/C15H14.2C2H6.W.Y/c1-3-13-11-15(10-9-12(13)2)14-7-5-4-6-8-14;2*1-2;;/h4-9H,3H2,1-2H3;2*1-2H3;;/q-2;;;;. The topological polar surface area (TPSA) is 0 Å². The molecule has 0 bridgehead atoms. The number of benzene rings is 2. The van der Waals surface area contributed by atoms with Crippen molar-refractivity contribution >= 4 is 0 Å². The van der Waals surface area contributed by atoms with Crippen LogP contribution in [0.25, 0.3) is 11.1 Å². The van der Waals surface area contributed by atoms with Gasteiger partial charge in [-0.3, -0.25) is 17.7 Å². The summed E-state index contributed by atoms with van der Waals surface area (Å²) in [6.07, 6.45) is 1.03. The predicted octanol–water partition coefficient (Wildman–Crippen LogP) is 5.87. The second-order valence-electron chi connectivity index (χ2n) is 3.67. The van der Waals surface area contributed by atoms with Crippen LogP contribution >= 0.6 is 0 Å². The molecule has 0 fully saturated rings. The van der Waals surface area contributed by atoms with E-state index in [0.29, 0.717) is 0 Å². The average molecular weight is 527 g/mol. The van der Waals surface area contributed by atoms with Crippen LogP contribution in [0.5, 0.6) is 0 Å². The Balaban J connectivity index is -0.000000499. The van der Waals surface area contributed by atoms with Gasteiger partial charge in [-0.1, -0.05) is 59.2 Å². The summed E-state index contributed by atoms with van der Waals surface area (Å²) in [5.74, 6) is 0. The summed E-state index contributed by atoms with van der Waals surface area (Å²) >= 11 is 0. The van der Waals surface area contributed by atoms with E-state index >= 15 is 0 Å². The summed E-state index contributed by atoms with van der Waals surface area (Å²) in [7, 11) is 0. The van der Waals surface area contributed by atoms with E-state index in [4.69, 9.17) is 0 Å². The molecule has 0 aromatic heterocycles. The zero-order valence-electron chi connectivity index (χ0n) is 14.2. The summed E-state index contributed by atoms with van der Waals surface area (Å²) < 4.78 is 0. The smallest absolute Gasteiger partial charge is 0 e. The zero-order valence-corrected chi connectivity index (χ0v) is 19.9. The van der Waals surface area contributed by atoms with Crippen LogP contribution in [0, 0.1) is 19.1 Å². The molecule has 0 heterocycles. The Kier molecular flexibility index (Phi) is 20.7. The number of rotatable bonds is 2. The van der Waals surface area contributed by atoms with Crippen molar-refractivity contribution in [3.05, 3.63) is 59.7 Å². The molecule has 0 saturated heterocycles. The van der Waals surface area contributed by atoms with E-state index in [0.717, 1.165) is 12.0 Å². The second kappa shape index (κ2) is 16.6. The first kappa shape index (κ1) is 26.1. The van der Waals surface area contributed by atoms with E-state index in [2.05, 4.69) is 44.2 Å². The second-order valence-corrected chi connectivity index (χ2v) is 3.67. The van der Waals surface area contributed by atoms with E-state index < -0.39 is 0 Å². The first-order chi connectivity index (χ1) is 9.31. The fourth-order valence-corrected chi connectivity index (χ4v) is 1.68. The molecule has 21 heavy (non-hydrogen) atoms. The molecular weight excluding hydrogens is 501 g/mol. The SMILES string of the molecule is CC.CC.CCc1[c-]c(-c2ccccc2)[c-]cc1C.[W].[Y]. The maximum Gasteiger partial charge on any atom is 0 e. The van der Waals surface area contributed by atoms with E-state index in [1.165, 1.54) is 16.7 Å². The Hall–Kier alpha value is 0.232. The van der Waals surface area contributed by atoms with Crippen LogP contribution in [0.2, 0.25) is 0 Å². The van der Waals surface area contributed by atoms with Gasteiger partial charge in [-0.2, -0.15) is 5.56 Å². The maximum absolute atomic E-state index is 3.42. The molecule has 2 aromatic rings. The van der Waals surface area contributed by atoms with Gasteiger partial charge in [0.05, 0.1) is 0 Å². The Morgan fingerprint density at radius 3 is 1.95 bits per heavy atom. The summed E-state index contributed by atoms with van der Waals surface area (Å²) in [4.78, 5) is 0. The van der Waals surface area contributed by atoms with Crippen LogP contribution in [0.1, 0.15) is 45.7 Å². The Morgan fingerprint density at radius 1 is 0.952 bits per heavy atom. The van der Waals surface area contributed by atoms with E-state index in [9.17, 15) is 0 Å². The van der Waals surface area contributed by atoms with Crippen molar-refractivity contribution in [1.82, 2.24) is 0 Å². The molecule has 0 atom stereocenters. The van der Waals surface area contributed by atoms with Gasteiger partial charge in [-0.05, 0) is 0 Å². The van der Waals surface area contributed by atoms with Crippen molar-refractivity contribution in [3.8, 4) is 11.1 Å². The van der Waals surface area contributed by atoms with E-state index in [1.807, 2.05) is 45.9 Å². The normalized spacial score (nSPS) is 7.90. The molecule has 0 aliphatic rings. The van der Waals surface area contributed by atoms with Gasteiger partial charge in [0.2, 0.25) is 0 Å². The minimum absolute atomic E-state index is 0. The Morgan fingerprint density at radius 2 is 1.48 bits per heavy atom. The zero-order chi connectivity index (χ0) is 14.7. The van der Waals surface area contributed by atoms with Gasteiger partial charge in [-0.15, -0.1) is 19.1 Å². The van der Waals surface area contributed by atoms with Crippen molar-refractivity contribution in [2.75, 3.05) is 0 Å². The molecule has 0 N–H and O–H groups in total. The third-order valence-corrected chi connectivity index (χ3v) is 2.60. The van der Waals surface area contributed by atoms with Crippen molar-refractivity contribution < 1.29 is 53.8 Å². The molecule has 0 nitrogen and oxygen atoms in total. The number of hydrogen-bond acceptors (Lipinski definition) is 0. The maximum atomic E-state index is 3.42. The Labute approximate surface area is 171 Å². The first-order valence-corrected chi connectivity index (χ1v) is 7.30. The molecule has 1 radical (unpaired) electrons. The third-order valence-electron chi connectivity index (χ3n) is 2.60. The van der Waals surface area contributed by atoms with Crippen LogP contribution in [0.3, 0.4) is 0 Å². The number of hydrogen-bond donors (Lipinski definition) is 0. The molecule has 0 aliphatic carbocycles. The summed E-state index contributed by atoms with van der Waals surface area (Å²) in [5, 5.41) is 0. The van der Waals surface area contributed by atoms with Crippen LogP contribution in [0.4, 0.5) is 0 Å². The molecule has 2 heteroatoms. The monoisotopic (exact) mass is 527 g/mol. The summed E-state index contributed by atoms with van der Waals surface area (Å²) in [5.41, 5.74) is 4.81. The van der Waals surface area contributed by atoms with Crippen LogP contribution in [-0.4, -0.2) is 0 Å². The van der Waals surface area contributed by atoms with E-state index in [1.54, 1.807) is 0 Å². The van der Waals surface area contributed by atoms with Gasteiger partial charge >= 0.3 is 0 Å². The first-order valence-electron chi connectivity index (χ1n) is 7.30. The predicted molar refractivity (Wildman–Crippen MR) is 86.4 cm³/mol. The largest absolute Gasteiger partial charge is 0.286 e. The quantitative estimate of drug-likeness (QED) is 0.429. The van der Waals surface area contributed by atoms with Gasteiger partial charge in [0.25, 0.3) is 0 Å². The Bertz CT molecular complexity index is 452. The van der Waals surface area contributed by atoms with Gasteiger partial charge in [0.15, 0.2) is 0 Å². The minimum Gasteiger partial charge on any atom is -0.286 e. The molecule has 0 unspecified atom stereocenters. The molecule has 0 saturated carbocycles. The number of aryl methyl sites for hydroxylation is 2. The molecule has 0 spiro atoms. The fourth-order valence-electron chi connectivity index (χ4n) is 1.68. The van der Waals surface area contributed by atoms with Crippen LogP contribution in [0.15, 0.2) is 36.4 Å². The molecule has 0 aliphatic heterocycles. The summed E-state index contributed by atoms with van der Waals surface area (Å²) in [6.45, 7) is 12.3. The van der Waals surface area contributed by atoms with Crippen molar-refractivity contribution in [3.63, 3.8) is 0 Å². The minimum atomic E-state index is 0. The van der Waals surface area contributed by atoms with Gasteiger partial charge < -0.3 is 0 Å². The van der Waals surface area contributed by atoms with Crippen LogP contribution in [-0.2, 0) is 60.2 Å². The van der Waals surface area contributed by atoms with Crippen molar-refractivity contribution in [1.29, 1.82) is 0 Å². The molecular formula is C19H26WY-2. The molecule has 2 rings (SSSR count). The average Bonchev–Trinajstić information content (AvgIpc) is 2.52. The van der Waals surface area contributed by atoms with Gasteiger partial charge in [0.1, 0.15) is 0 Å². The molecule has 0 amide bonds. The van der Waals surface area contributed by atoms with Gasteiger partial charge in [0, 0.05) is 53.8 Å². The molecule has 113 valence electrons. The fraction of sp³-hybridized carbons (Fsp3) is 0.368. The van der Waals surface area contributed by atoms with Crippen molar-refractivity contribution in [2.45, 2.75) is 48.0 Å².